The lowest BCUT2D eigenvalue weighted by molar-refractivity contribution is 0.387. The number of aromatic nitrogens is 1. The minimum Gasteiger partial charge on any atom is -0.321 e. The van der Waals surface area contributed by atoms with Crippen molar-refractivity contribution in [2.45, 2.75) is 0 Å². The Balaban J connectivity index is 2.69. The summed E-state index contributed by atoms with van der Waals surface area (Å²) in [6.07, 6.45) is 1.64. The van der Waals surface area contributed by atoms with Crippen LogP contribution in [0.15, 0.2) is 36.5 Å². The molecule has 0 bridgehead atoms. The first kappa shape index (κ1) is 9.34. The van der Waals surface area contributed by atoms with Crippen LogP contribution >= 0.6 is 7.60 Å². The molecule has 0 saturated carbocycles. The molecule has 72 valence electrons. The van der Waals surface area contributed by atoms with Crippen molar-refractivity contribution < 1.29 is 14.4 Å². The van der Waals surface area contributed by atoms with E-state index in [1.165, 1.54) is 12.1 Å². The van der Waals surface area contributed by atoms with E-state index < -0.39 is 7.60 Å². The van der Waals surface area contributed by atoms with Gasteiger partial charge in [0.15, 0.2) is 0 Å². The summed E-state index contributed by atoms with van der Waals surface area (Å²) in [5, 5.41) is 0.756. The largest absolute Gasteiger partial charge is 0.356 e. The Morgan fingerprint density at radius 3 is 2.71 bits per heavy atom. The van der Waals surface area contributed by atoms with E-state index in [0.717, 1.165) is 10.9 Å². The summed E-state index contributed by atoms with van der Waals surface area (Å²) < 4.78 is 11.0. The van der Waals surface area contributed by atoms with Gasteiger partial charge in [0.2, 0.25) is 0 Å². The van der Waals surface area contributed by atoms with Gasteiger partial charge < -0.3 is 9.79 Å². The van der Waals surface area contributed by atoms with E-state index in [0.29, 0.717) is 0 Å². The molecule has 1 aromatic heterocycles. The zero-order valence-electron chi connectivity index (χ0n) is 7.16. The van der Waals surface area contributed by atoms with E-state index in [4.69, 9.17) is 9.79 Å². The molecule has 2 aromatic rings. The molecule has 0 aliphatic heterocycles. The molecule has 0 spiro atoms. The first-order valence-corrected chi connectivity index (χ1v) is 5.59. The van der Waals surface area contributed by atoms with Gasteiger partial charge in [0.25, 0.3) is 0 Å². The van der Waals surface area contributed by atoms with Gasteiger partial charge in [-0.3, -0.25) is 9.55 Å². The molecule has 14 heavy (non-hydrogen) atoms. The Kier molecular flexibility index (Phi) is 2.11. The zero-order valence-corrected chi connectivity index (χ0v) is 8.06. The van der Waals surface area contributed by atoms with Gasteiger partial charge in [-0.1, -0.05) is 6.07 Å². The number of fused-ring (bicyclic) bond motifs is 1. The van der Waals surface area contributed by atoms with Crippen LogP contribution < -0.4 is 5.30 Å². The first-order valence-electron chi connectivity index (χ1n) is 3.98. The lowest BCUT2D eigenvalue weighted by atomic mass is 10.2. The molecule has 1 aromatic carbocycles. The van der Waals surface area contributed by atoms with Crippen LogP contribution in [-0.2, 0) is 4.57 Å². The van der Waals surface area contributed by atoms with Gasteiger partial charge in [-0.25, -0.2) is 0 Å². The average molecular weight is 209 g/mol. The maximum atomic E-state index is 11.0. The highest BCUT2D eigenvalue weighted by Gasteiger charge is 2.16. The molecule has 0 aliphatic carbocycles. The van der Waals surface area contributed by atoms with Crippen LogP contribution in [0.25, 0.3) is 10.9 Å². The summed E-state index contributed by atoms with van der Waals surface area (Å²) in [4.78, 5) is 21.9. The highest BCUT2D eigenvalue weighted by Crippen LogP contribution is 2.33. The zero-order chi connectivity index (χ0) is 10.2. The summed E-state index contributed by atoms with van der Waals surface area (Å²) in [5.74, 6) is 0. The van der Waals surface area contributed by atoms with Crippen LogP contribution in [0.3, 0.4) is 0 Å². The van der Waals surface area contributed by atoms with Crippen LogP contribution in [-0.4, -0.2) is 14.8 Å². The Labute approximate surface area is 80.4 Å². The molecule has 2 N–H and O–H groups in total. The van der Waals surface area contributed by atoms with Gasteiger partial charge in [-0.15, -0.1) is 0 Å². The predicted octanol–water partition coefficient (Wildman–Crippen LogP) is 1.04. The second-order valence-electron chi connectivity index (χ2n) is 2.92. The van der Waals surface area contributed by atoms with Crippen molar-refractivity contribution in [1.29, 1.82) is 0 Å². The fourth-order valence-electron chi connectivity index (χ4n) is 1.24. The molecular formula is C9H8NO3P. The fourth-order valence-corrected chi connectivity index (χ4v) is 1.82. The molecule has 1 heterocycles. The molecule has 0 aliphatic rings. The van der Waals surface area contributed by atoms with Crippen LogP contribution in [0.1, 0.15) is 0 Å². The number of hydrogen-bond donors (Lipinski definition) is 2. The van der Waals surface area contributed by atoms with Gasteiger partial charge >= 0.3 is 7.60 Å². The molecular weight excluding hydrogens is 201 g/mol. The molecule has 2 rings (SSSR count). The third-order valence-electron chi connectivity index (χ3n) is 1.92. The van der Waals surface area contributed by atoms with Crippen LogP contribution in [0.2, 0.25) is 0 Å². The highest BCUT2D eigenvalue weighted by molar-refractivity contribution is 7.60. The lowest BCUT2D eigenvalue weighted by Gasteiger charge is -2.04. The third kappa shape index (κ3) is 1.68. The van der Waals surface area contributed by atoms with Crippen molar-refractivity contribution in [2.75, 3.05) is 0 Å². The second kappa shape index (κ2) is 3.17. The smallest absolute Gasteiger partial charge is 0.321 e. The van der Waals surface area contributed by atoms with Gasteiger partial charge in [-0.05, 0) is 24.3 Å². The standard InChI is InChI=1S/C9H8NO3P/c11-14(12,13)8-3-4-9-7(6-8)2-1-5-10-9/h1-6H,(H2,11,12,13). The molecule has 0 radical (unpaired) electrons. The van der Waals surface area contributed by atoms with Crippen molar-refractivity contribution in [3.8, 4) is 0 Å². The van der Waals surface area contributed by atoms with Crippen molar-refractivity contribution in [3.63, 3.8) is 0 Å². The van der Waals surface area contributed by atoms with E-state index in [1.54, 1.807) is 24.4 Å². The van der Waals surface area contributed by atoms with Gasteiger partial charge in [0, 0.05) is 11.6 Å². The van der Waals surface area contributed by atoms with E-state index in [1.807, 2.05) is 0 Å². The first-order chi connectivity index (χ1) is 6.57. The molecule has 0 saturated heterocycles. The van der Waals surface area contributed by atoms with Crippen molar-refractivity contribution in [3.05, 3.63) is 36.5 Å². The SMILES string of the molecule is O=P(O)(O)c1ccc2ncccc2c1. The lowest BCUT2D eigenvalue weighted by Crippen LogP contribution is -2.02. The summed E-state index contributed by atoms with van der Waals surface area (Å²) in [5.41, 5.74) is 0.727. The normalized spacial score (nSPS) is 11.9. The number of pyridine rings is 1. The molecule has 0 fully saturated rings. The topological polar surface area (TPSA) is 70.4 Å². The number of rotatable bonds is 1. The second-order valence-corrected chi connectivity index (χ2v) is 4.53. The Hall–Kier alpha value is -1.22. The maximum absolute atomic E-state index is 11.0. The molecule has 0 amide bonds. The van der Waals surface area contributed by atoms with Crippen molar-refractivity contribution >= 4 is 23.8 Å². The van der Waals surface area contributed by atoms with Crippen LogP contribution in [0.5, 0.6) is 0 Å². The highest BCUT2D eigenvalue weighted by atomic mass is 31.2. The van der Waals surface area contributed by atoms with Gasteiger partial charge in [0.1, 0.15) is 0 Å². The quantitative estimate of drug-likeness (QED) is 0.688. The molecule has 4 nitrogen and oxygen atoms in total. The number of hydrogen-bond acceptors (Lipinski definition) is 2. The van der Waals surface area contributed by atoms with Crippen LogP contribution in [0, 0.1) is 0 Å². The van der Waals surface area contributed by atoms with Crippen molar-refractivity contribution in [1.82, 2.24) is 4.98 Å². The third-order valence-corrected chi connectivity index (χ3v) is 2.87. The summed E-state index contributed by atoms with van der Waals surface area (Å²) in [7, 11) is -4.15. The van der Waals surface area contributed by atoms with E-state index in [9.17, 15) is 4.57 Å². The number of nitrogens with zero attached hydrogens (tertiary/aromatic N) is 1. The van der Waals surface area contributed by atoms with Crippen LogP contribution in [0.4, 0.5) is 0 Å². The van der Waals surface area contributed by atoms with Gasteiger partial charge in [0.05, 0.1) is 10.8 Å². The maximum Gasteiger partial charge on any atom is 0.356 e. The fraction of sp³-hybridized carbons (Fsp3) is 0. The van der Waals surface area contributed by atoms with Crippen molar-refractivity contribution in [2.24, 2.45) is 0 Å². The predicted molar refractivity (Wildman–Crippen MR) is 53.4 cm³/mol. The summed E-state index contributed by atoms with van der Waals surface area (Å²) in [6, 6.07) is 7.95. The molecule has 0 unspecified atom stereocenters. The molecule has 0 atom stereocenters. The molecule has 5 heteroatoms. The summed E-state index contributed by atoms with van der Waals surface area (Å²) in [6.45, 7) is 0. The Bertz CT molecular complexity index is 520. The van der Waals surface area contributed by atoms with Gasteiger partial charge in [-0.2, -0.15) is 0 Å². The monoisotopic (exact) mass is 209 g/mol. The Morgan fingerprint density at radius 1 is 1.21 bits per heavy atom. The van der Waals surface area contributed by atoms with E-state index in [-0.39, 0.29) is 5.30 Å². The minimum atomic E-state index is -4.15. The Morgan fingerprint density at radius 2 is 2.00 bits per heavy atom. The minimum absolute atomic E-state index is 0.0259. The van der Waals surface area contributed by atoms with E-state index >= 15 is 0 Å². The number of benzene rings is 1. The summed E-state index contributed by atoms with van der Waals surface area (Å²) >= 11 is 0. The van der Waals surface area contributed by atoms with E-state index in [2.05, 4.69) is 4.98 Å². The average Bonchev–Trinajstić information content (AvgIpc) is 2.16.